The van der Waals surface area contributed by atoms with Gasteiger partial charge in [0.1, 0.15) is 17.2 Å². The van der Waals surface area contributed by atoms with Crippen LogP contribution in [0.4, 0.5) is 5.69 Å². The van der Waals surface area contributed by atoms with Gasteiger partial charge in [0.2, 0.25) is 0 Å². The second kappa shape index (κ2) is 13.0. The lowest BCUT2D eigenvalue weighted by Crippen LogP contribution is -2.21. The molecule has 0 saturated carbocycles. The summed E-state index contributed by atoms with van der Waals surface area (Å²) in [4.78, 5) is 13.2. The number of hydrogen-bond donors (Lipinski definition) is 2. The number of benzene rings is 4. The first kappa shape index (κ1) is 29.1. The molecule has 0 bridgehead atoms. The Bertz CT molecular complexity index is 1840. The van der Waals surface area contributed by atoms with Crippen LogP contribution in [-0.4, -0.2) is 44.0 Å². The normalized spacial score (nSPS) is 11.3. The third kappa shape index (κ3) is 6.91. The van der Waals surface area contributed by atoms with Gasteiger partial charge in [-0.1, -0.05) is 30.3 Å². The number of anilines is 1. The van der Waals surface area contributed by atoms with E-state index in [1.165, 1.54) is 30.5 Å². The quantitative estimate of drug-likeness (QED) is 0.153. The Labute approximate surface area is 249 Å². The smallest absolute Gasteiger partial charge is 0.273 e. The first-order chi connectivity index (χ1) is 20.9. The van der Waals surface area contributed by atoms with Crippen LogP contribution in [0.1, 0.15) is 22.8 Å². The summed E-state index contributed by atoms with van der Waals surface area (Å²) in [6.45, 7) is 2.31. The molecule has 0 radical (unpaired) electrons. The number of nitrogens with one attached hydrogen (secondary N) is 2. The van der Waals surface area contributed by atoms with E-state index >= 15 is 0 Å². The van der Waals surface area contributed by atoms with E-state index in [4.69, 9.17) is 14.6 Å². The maximum atomic E-state index is 13.1. The van der Waals surface area contributed by atoms with Crippen molar-refractivity contribution < 1.29 is 22.7 Å². The number of para-hydroxylation sites is 2. The molecule has 10 nitrogen and oxygen atoms in total. The van der Waals surface area contributed by atoms with E-state index in [-0.39, 0.29) is 16.1 Å². The average molecular weight is 596 g/mol. The molecule has 5 aromatic rings. The van der Waals surface area contributed by atoms with Crippen LogP contribution in [0.25, 0.3) is 16.9 Å². The van der Waals surface area contributed by atoms with Gasteiger partial charge >= 0.3 is 0 Å². The molecule has 0 aliphatic carbocycles. The third-order valence-corrected chi connectivity index (χ3v) is 7.74. The molecule has 0 aliphatic heterocycles. The number of rotatable bonds is 11. The van der Waals surface area contributed by atoms with E-state index in [9.17, 15) is 13.2 Å². The van der Waals surface area contributed by atoms with Gasteiger partial charge in [-0.05, 0) is 79.7 Å². The Morgan fingerprint density at radius 2 is 1.58 bits per heavy atom. The van der Waals surface area contributed by atoms with E-state index in [0.29, 0.717) is 29.4 Å². The molecule has 0 unspecified atom stereocenters. The molecule has 0 saturated heterocycles. The van der Waals surface area contributed by atoms with Gasteiger partial charge in [0.05, 0.1) is 41.8 Å². The Kier molecular flexibility index (Phi) is 8.82. The summed E-state index contributed by atoms with van der Waals surface area (Å²) in [6.07, 6.45) is 3.31. The Morgan fingerprint density at radius 1 is 0.907 bits per heavy atom. The summed E-state index contributed by atoms with van der Waals surface area (Å²) in [6, 6.07) is 29.4. The van der Waals surface area contributed by atoms with Crippen LogP contribution in [-0.2, 0) is 10.0 Å². The van der Waals surface area contributed by atoms with Crippen molar-refractivity contribution in [2.24, 2.45) is 5.10 Å². The van der Waals surface area contributed by atoms with Gasteiger partial charge in [0, 0.05) is 17.3 Å². The van der Waals surface area contributed by atoms with E-state index in [1.807, 2.05) is 67.7 Å². The summed E-state index contributed by atoms with van der Waals surface area (Å²) < 4.78 is 41.0. The number of methoxy groups -OCH3 is 1. The number of sulfonamides is 1. The van der Waals surface area contributed by atoms with Crippen LogP contribution in [0.15, 0.2) is 119 Å². The molecule has 1 aromatic heterocycles. The number of ether oxygens (including phenoxy) is 2. The van der Waals surface area contributed by atoms with E-state index in [0.717, 1.165) is 11.3 Å². The highest BCUT2D eigenvalue weighted by Crippen LogP contribution is 2.25. The summed E-state index contributed by atoms with van der Waals surface area (Å²) in [7, 11) is -2.37. The molecule has 0 fully saturated rings. The molecule has 0 aliphatic rings. The lowest BCUT2D eigenvalue weighted by Gasteiger charge is -2.12. The van der Waals surface area contributed by atoms with Gasteiger partial charge in [-0.25, -0.2) is 18.5 Å². The fourth-order valence-electron chi connectivity index (χ4n) is 4.24. The zero-order valence-corrected chi connectivity index (χ0v) is 24.3. The number of hydrogen-bond acceptors (Lipinski definition) is 7. The highest BCUT2D eigenvalue weighted by atomic mass is 32.2. The van der Waals surface area contributed by atoms with E-state index < -0.39 is 15.9 Å². The van der Waals surface area contributed by atoms with Crippen molar-refractivity contribution in [1.82, 2.24) is 15.2 Å². The first-order valence-electron chi connectivity index (χ1n) is 13.4. The van der Waals surface area contributed by atoms with Crippen molar-refractivity contribution >= 4 is 27.8 Å². The summed E-state index contributed by atoms with van der Waals surface area (Å²) in [5.41, 5.74) is 5.70. The molecular formula is C32H29N5O5S. The van der Waals surface area contributed by atoms with Gasteiger partial charge in [-0.2, -0.15) is 10.2 Å². The monoisotopic (exact) mass is 595 g/mol. The Balaban J connectivity index is 1.37. The third-order valence-electron chi connectivity index (χ3n) is 6.36. The lowest BCUT2D eigenvalue weighted by molar-refractivity contribution is 0.0956. The largest absolute Gasteiger partial charge is 0.497 e. The molecule has 0 atom stereocenters. The van der Waals surface area contributed by atoms with Gasteiger partial charge in [0.25, 0.3) is 15.9 Å². The number of nitrogens with zero attached hydrogens (tertiary/aromatic N) is 3. The molecule has 4 aromatic carbocycles. The van der Waals surface area contributed by atoms with Gasteiger partial charge < -0.3 is 9.47 Å². The summed E-state index contributed by atoms with van der Waals surface area (Å²) >= 11 is 0. The van der Waals surface area contributed by atoms with Crippen LogP contribution in [0, 0.1) is 0 Å². The molecule has 1 amide bonds. The lowest BCUT2D eigenvalue weighted by atomic mass is 10.1. The van der Waals surface area contributed by atoms with Crippen molar-refractivity contribution in [2.75, 3.05) is 18.4 Å². The van der Waals surface area contributed by atoms with Gasteiger partial charge in [-0.15, -0.1) is 0 Å². The van der Waals surface area contributed by atoms with Crippen molar-refractivity contribution in [2.45, 2.75) is 11.8 Å². The Morgan fingerprint density at radius 3 is 2.28 bits per heavy atom. The Hall–Kier alpha value is -5.42. The molecule has 5 rings (SSSR count). The van der Waals surface area contributed by atoms with Crippen LogP contribution in [0.2, 0.25) is 0 Å². The number of carbonyl (C=O) groups is 1. The highest BCUT2D eigenvalue weighted by molar-refractivity contribution is 7.92. The van der Waals surface area contributed by atoms with Crippen molar-refractivity contribution in [3.05, 3.63) is 120 Å². The summed E-state index contributed by atoms with van der Waals surface area (Å²) in [5.74, 6) is 0.678. The maximum Gasteiger partial charge on any atom is 0.273 e. The zero-order valence-electron chi connectivity index (χ0n) is 23.5. The van der Waals surface area contributed by atoms with Crippen molar-refractivity contribution in [3.8, 4) is 28.4 Å². The topological polar surface area (TPSA) is 124 Å². The molecule has 11 heteroatoms. The second-order valence-electron chi connectivity index (χ2n) is 9.20. The van der Waals surface area contributed by atoms with Gasteiger partial charge in [0.15, 0.2) is 0 Å². The van der Waals surface area contributed by atoms with Gasteiger partial charge in [-0.3, -0.25) is 9.52 Å². The molecular weight excluding hydrogens is 566 g/mol. The molecule has 0 spiro atoms. The zero-order chi connectivity index (χ0) is 30.2. The highest BCUT2D eigenvalue weighted by Gasteiger charge is 2.19. The fraction of sp³-hybridized carbons (Fsp3) is 0.0938. The number of amides is 1. The van der Waals surface area contributed by atoms with Crippen LogP contribution >= 0.6 is 0 Å². The minimum atomic E-state index is -3.97. The van der Waals surface area contributed by atoms with Crippen LogP contribution < -0.4 is 19.6 Å². The first-order valence-corrected chi connectivity index (χ1v) is 14.8. The fourth-order valence-corrected chi connectivity index (χ4v) is 5.32. The minimum Gasteiger partial charge on any atom is -0.497 e. The minimum absolute atomic E-state index is 0.0330. The van der Waals surface area contributed by atoms with E-state index in [2.05, 4.69) is 15.2 Å². The molecule has 2 N–H and O–H groups in total. The number of hydrazone groups is 1. The maximum absolute atomic E-state index is 13.1. The average Bonchev–Trinajstić information content (AvgIpc) is 3.46. The molecule has 43 heavy (non-hydrogen) atoms. The molecule has 1 heterocycles. The summed E-state index contributed by atoms with van der Waals surface area (Å²) in [5, 5.41) is 8.92. The van der Waals surface area contributed by atoms with Crippen molar-refractivity contribution in [3.63, 3.8) is 0 Å². The second-order valence-corrected chi connectivity index (χ2v) is 10.9. The predicted octanol–water partition coefficient (Wildman–Crippen LogP) is 5.51. The number of aromatic nitrogens is 2. The SMILES string of the molecule is CCOc1ccc(S(=O)(=O)Nc2ccccc2C(=O)N/N=C\c2cn(-c3ccccc3)nc2-c2ccc(OC)cc2)cc1. The van der Waals surface area contributed by atoms with Crippen molar-refractivity contribution in [1.29, 1.82) is 0 Å². The van der Waals surface area contributed by atoms with E-state index in [1.54, 1.807) is 36.1 Å². The standard InChI is InChI=1S/C32H29N5O5S/c1-3-42-27-17-19-28(20-18-27)43(39,40)36-30-12-8-7-11-29(30)32(38)34-33-21-24-22-37(25-9-5-4-6-10-25)35-31(24)23-13-15-26(41-2)16-14-23/h4-22,36H,3H2,1-2H3,(H,34,38)/b33-21-. The van der Waals surface area contributed by atoms with Crippen LogP contribution in [0.3, 0.4) is 0 Å². The van der Waals surface area contributed by atoms with Crippen LogP contribution in [0.5, 0.6) is 11.5 Å². The predicted molar refractivity (Wildman–Crippen MR) is 165 cm³/mol. The number of carbonyl (C=O) groups excluding carboxylic acids is 1. The molecule has 218 valence electrons.